The normalized spacial score (nSPS) is 25.0. The molecule has 13 heteroatoms. The van der Waals surface area contributed by atoms with Crippen molar-refractivity contribution in [2.75, 3.05) is 39.3 Å². The summed E-state index contributed by atoms with van der Waals surface area (Å²) in [5, 5.41) is 12.2. The van der Waals surface area contributed by atoms with E-state index in [9.17, 15) is 13.2 Å². The summed E-state index contributed by atoms with van der Waals surface area (Å²) in [7, 11) is -3.69. The molecule has 5 fully saturated rings. The molecule has 8 rings (SSSR count). The van der Waals surface area contributed by atoms with Gasteiger partial charge in [-0.15, -0.1) is 0 Å². The number of sulfonamides is 1. The molecule has 0 bridgehead atoms. The summed E-state index contributed by atoms with van der Waals surface area (Å²) in [6.45, 7) is 3.62. The number of amides is 2. The number of hydrogen-bond acceptors (Lipinski definition) is 8. The van der Waals surface area contributed by atoms with Gasteiger partial charge in [0.15, 0.2) is 11.3 Å². The van der Waals surface area contributed by atoms with E-state index in [1.807, 2.05) is 20.8 Å². The van der Waals surface area contributed by atoms with Crippen LogP contribution in [-0.2, 0) is 10.0 Å². The number of nitrogens with zero attached hydrogens (tertiary/aromatic N) is 8. The Morgan fingerprint density at radius 3 is 2.42 bits per heavy atom. The Bertz CT molecular complexity index is 1480. The van der Waals surface area contributed by atoms with Crippen LogP contribution < -0.4 is 0 Å². The van der Waals surface area contributed by atoms with Crippen LogP contribution >= 0.6 is 0 Å². The lowest BCUT2D eigenvalue weighted by Crippen LogP contribution is -2.76. The predicted molar refractivity (Wildman–Crippen MR) is 124 cm³/mol. The van der Waals surface area contributed by atoms with E-state index >= 15 is 0 Å². The molecular formula is C23H26N8O4S. The van der Waals surface area contributed by atoms with Crippen molar-refractivity contribution in [2.45, 2.75) is 42.5 Å². The molecule has 2 aromatic heterocycles. The smallest absolute Gasteiger partial charge is 0.320 e. The Labute approximate surface area is 207 Å². The van der Waals surface area contributed by atoms with Crippen molar-refractivity contribution >= 4 is 27.1 Å². The van der Waals surface area contributed by atoms with Crippen molar-refractivity contribution in [3.05, 3.63) is 30.4 Å². The van der Waals surface area contributed by atoms with E-state index in [1.165, 1.54) is 23.2 Å². The zero-order chi connectivity index (χ0) is 24.3. The van der Waals surface area contributed by atoms with Crippen LogP contribution in [0.15, 0.2) is 34.1 Å². The van der Waals surface area contributed by atoms with Crippen molar-refractivity contribution in [2.24, 2.45) is 10.8 Å². The van der Waals surface area contributed by atoms with Gasteiger partial charge in [0.25, 0.3) is 0 Å². The SMILES string of the molecule is O=C(N1CC2(CC(n3cnc(C4CC4)n3)C2)C1)N1CC2(C1)CN(S(=O)(=O)c1cccc3nonc13)C2. The van der Waals surface area contributed by atoms with Gasteiger partial charge in [0.2, 0.25) is 10.0 Å². The van der Waals surface area contributed by atoms with Crippen LogP contribution in [0.1, 0.15) is 43.5 Å². The summed E-state index contributed by atoms with van der Waals surface area (Å²) < 4.78 is 34.5. The van der Waals surface area contributed by atoms with Gasteiger partial charge < -0.3 is 9.80 Å². The zero-order valence-electron chi connectivity index (χ0n) is 19.7. The number of hydrogen-bond donors (Lipinski definition) is 0. The highest BCUT2D eigenvalue weighted by Crippen LogP contribution is 2.54. The molecule has 0 radical (unpaired) electrons. The molecule has 5 heterocycles. The number of benzene rings is 1. The maximum Gasteiger partial charge on any atom is 0.320 e. The first-order chi connectivity index (χ1) is 17.3. The topological polar surface area (TPSA) is 131 Å². The molecule has 0 unspecified atom stereocenters. The molecule has 2 saturated carbocycles. The molecular weight excluding hydrogens is 484 g/mol. The first-order valence-corrected chi connectivity index (χ1v) is 13.9. The first kappa shape index (κ1) is 21.1. The minimum Gasteiger partial charge on any atom is -0.323 e. The van der Waals surface area contributed by atoms with Gasteiger partial charge in [-0.05, 0) is 48.1 Å². The molecule has 1 aromatic carbocycles. The maximum atomic E-state index is 13.1. The number of rotatable bonds is 4. The quantitative estimate of drug-likeness (QED) is 0.516. The number of urea groups is 1. The molecule has 5 aliphatic rings. The van der Waals surface area contributed by atoms with Crippen LogP contribution in [0.4, 0.5) is 4.79 Å². The second kappa shape index (κ2) is 6.82. The molecule has 3 aliphatic heterocycles. The molecule has 2 spiro atoms. The van der Waals surface area contributed by atoms with Crippen molar-refractivity contribution in [1.82, 2.24) is 39.2 Å². The van der Waals surface area contributed by atoms with E-state index < -0.39 is 10.0 Å². The van der Waals surface area contributed by atoms with Gasteiger partial charge in [-0.3, -0.25) is 0 Å². The molecule has 188 valence electrons. The van der Waals surface area contributed by atoms with Crippen LogP contribution in [0.5, 0.6) is 0 Å². The van der Waals surface area contributed by atoms with Crippen LogP contribution in [0.2, 0.25) is 0 Å². The largest absolute Gasteiger partial charge is 0.323 e. The van der Waals surface area contributed by atoms with Crippen LogP contribution in [-0.4, -0.2) is 92.9 Å². The second-order valence-electron chi connectivity index (χ2n) is 11.6. The molecule has 3 aromatic rings. The van der Waals surface area contributed by atoms with Gasteiger partial charge >= 0.3 is 6.03 Å². The van der Waals surface area contributed by atoms with Crippen LogP contribution in [0.3, 0.4) is 0 Å². The van der Waals surface area contributed by atoms with Gasteiger partial charge in [0.05, 0.1) is 6.04 Å². The molecule has 12 nitrogen and oxygen atoms in total. The third-order valence-corrected chi connectivity index (χ3v) is 10.5. The summed E-state index contributed by atoms with van der Waals surface area (Å²) in [6, 6.07) is 5.31. The third-order valence-electron chi connectivity index (χ3n) is 8.72. The zero-order valence-corrected chi connectivity index (χ0v) is 20.5. The molecule has 2 aliphatic carbocycles. The van der Waals surface area contributed by atoms with E-state index in [1.54, 1.807) is 12.1 Å². The number of fused-ring (bicyclic) bond motifs is 1. The third kappa shape index (κ3) is 2.95. The summed E-state index contributed by atoms with van der Waals surface area (Å²) in [5.41, 5.74) is 0.754. The second-order valence-corrected chi connectivity index (χ2v) is 13.5. The van der Waals surface area contributed by atoms with Crippen molar-refractivity contribution in [3.63, 3.8) is 0 Å². The van der Waals surface area contributed by atoms with Crippen molar-refractivity contribution in [3.8, 4) is 0 Å². The Kier molecular flexibility index (Phi) is 3.99. The molecule has 36 heavy (non-hydrogen) atoms. The molecule has 3 saturated heterocycles. The van der Waals surface area contributed by atoms with Gasteiger partial charge in [0.1, 0.15) is 16.7 Å². The Morgan fingerprint density at radius 2 is 1.69 bits per heavy atom. The number of aromatic nitrogens is 5. The van der Waals surface area contributed by atoms with Crippen LogP contribution in [0.25, 0.3) is 11.0 Å². The minimum absolute atomic E-state index is 0.0752. The van der Waals surface area contributed by atoms with E-state index in [2.05, 4.69) is 20.4 Å². The predicted octanol–water partition coefficient (Wildman–Crippen LogP) is 1.46. The fourth-order valence-electron chi connectivity index (χ4n) is 6.58. The highest BCUT2D eigenvalue weighted by Gasteiger charge is 2.60. The Hall–Kier alpha value is -3.06. The number of likely N-dealkylation sites (tertiary alicyclic amines) is 2. The summed E-state index contributed by atoms with van der Waals surface area (Å²) >= 11 is 0. The highest BCUT2D eigenvalue weighted by molar-refractivity contribution is 7.89. The Morgan fingerprint density at radius 1 is 0.972 bits per heavy atom. The standard InChI is InChI=1S/C23H26N8O4S/c32-21(28-8-22(9-28)6-16(7-22)31-14-24-20(25-31)15-4-5-15)29-10-23(11-29)12-30(13-23)36(33,34)18-3-1-2-17-19(18)27-35-26-17/h1-3,14-16H,4-13H2. The molecule has 2 amide bonds. The summed E-state index contributed by atoms with van der Waals surface area (Å²) in [4.78, 5) is 21.4. The van der Waals surface area contributed by atoms with Crippen molar-refractivity contribution < 1.29 is 17.8 Å². The number of carbonyl (C=O) groups is 1. The number of carbonyl (C=O) groups excluding carboxylic acids is 1. The van der Waals surface area contributed by atoms with Gasteiger partial charge in [-0.2, -0.15) is 9.40 Å². The minimum atomic E-state index is -3.69. The average Bonchev–Trinajstić information content (AvgIpc) is 3.27. The monoisotopic (exact) mass is 510 g/mol. The fraction of sp³-hybridized carbons (Fsp3) is 0.609. The van der Waals surface area contributed by atoms with E-state index in [4.69, 9.17) is 4.63 Å². The van der Waals surface area contributed by atoms with Crippen molar-refractivity contribution in [1.29, 1.82) is 0 Å². The summed E-state index contributed by atoms with van der Waals surface area (Å²) in [6.07, 6.45) is 6.39. The summed E-state index contributed by atoms with van der Waals surface area (Å²) in [5.74, 6) is 1.56. The average molecular weight is 511 g/mol. The lowest BCUT2D eigenvalue weighted by molar-refractivity contribution is -0.101. The maximum absolute atomic E-state index is 13.1. The first-order valence-electron chi connectivity index (χ1n) is 12.5. The fourth-order valence-corrected chi connectivity index (χ4v) is 8.38. The molecule has 0 N–H and O–H groups in total. The van der Waals surface area contributed by atoms with E-state index in [-0.39, 0.29) is 27.3 Å². The van der Waals surface area contributed by atoms with Gasteiger partial charge in [-0.1, -0.05) is 6.07 Å². The lowest BCUT2D eigenvalue weighted by Gasteiger charge is -2.63. The van der Waals surface area contributed by atoms with Gasteiger partial charge in [0, 0.05) is 56.0 Å². The Balaban J connectivity index is 0.840. The lowest BCUT2D eigenvalue weighted by atomic mass is 9.60. The van der Waals surface area contributed by atoms with E-state index in [0.717, 1.165) is 31.8 Å². The van der Waals surface area contributed by atoms with Crippen LogP contribution in [0, 0.1) is 10.8 Å². The van der Waals surface area contributed by atoms with E-state index in [0.29, 0.717) is 43.7 Å². The van der Waals surface area contributed by atoms with Gasteiger partial charge in [-0.25, -0.2) is 27.5 Å². The highest BCUT2D eigenvalue weighted by atomic mass is 32.2. The molecule has 0 atom stereocenters.